The molecule has 4 heteroatoms. The minimum atomic E-state index is -0.0365. The third-order valence-electron chi connectivity index (χ3n) is 1.99. The highest BCUT2D eigenvalue weighted by atomic mass is 16.5. The molecule has 0 aliphatic carbocycles. The van der Waals surface area contributed by atoms with E-state index in [1.54, 1.807) is 0 Å². The summed E-state index contributed by atoms with van der Waals surface area (Å²) < 4.78 is 5.10. The van der Waals surface area contributed by atoms with E-state index in [0.717, 1.165) is 32.1 Å². The zero-order valence-corrected chi connectivity index (χ0v) is 9.63. The molecule has 0 bridgehead atoms. The van der Waals surface area contributed by atoms with Gasteiger partial charge in [0.05, 0.1) is 0 Å². The normalized spacial score (nSPS) is 10.3. The molecule has 0 fully saturated rings. The lowest BCUT2D eigenvalue weighted by atomic mass is 10.2. The third-order valence-corrected chi connectivity index (χ3v) is 1.99. The van der Waals surface area contributed by atoms with Crippen LogP contribution in [0.1, 0.15) is 39.0 Å². The lowest BCUT2D eigenvalue weighted by Gasteiger charge is -2.05. The molecule has 0 aliphatic heterocycles. The summed E-state index contributed by atoms with van der Waals surface area (Å²) in [5.74, 6) is -0.0365. The van der Waals surface area contributed by atoms with Gasteiger partial charge in [-0.05, 0) is 19.3 Å². The second-order valence-electron chi connectivity index (χ2n) is 3.54. The number of hydrogen-bond acceptors (Lipinski definition) is 3. The Hall–Kier alpha value is -0.610. The minimum absolute atomic E-state index is 0.0365. The lowest BCUT2D eigenvalue weighted by molar-refractivity contribution is -0.125. The van der Waals surface area contributed by atoms with Crippen LogP contribution < -0.4 is 5.32 Å². The van der Waals surface area contributed by atoms with Gasteiger partial charge in [-0.2, -0.15) is 0 Å². The molecule has 0 radical (unpaired) electrons. The molecule has 0 atom stereocenters. The standard InChI is InChI=1S/C11H23NO3/c1-2-9-15-10-11(14)12-7-5-3-4-6-8-13/h13H,2-10H2,1H3,(H,12,14). The van der Waals surface area contributed by atoms with E-state index in [2.05, 4.69) is 5.32 Å². The zero-order chi connectivity index (χ0) is 11.4. The molecule has 0 saturated carbocycles. The molecule has 0 aromatic carbocycles. The number of ether oxygens (including phenoxy) is 1. The molecule has 0 rings (SSSR count). The van der Waals surface area contributed by atoms with Crippen LogP contribution in [0.3, 0.4) is 0 Å². The van der Waals surface area contributed by atoms with Gasteiger partial charge in [0, 0.05) is 19.8 Å². The first kappa shape index (κ1) is 14.4. The lowest BCUT2D eigenvalue weighted by Crippen LogP contribution is -2.28. The maximum Gasteiger partial charge on any atom is 0.245 e. The van der Waals surface area contributed by atoms with E-state index in [4.69, 9.17) is 9.84 Å². The van der Waals surface area contributed by atoms with Crippen molar-refractivity contribution >= 4 is 5.91 Å². The Morgan fingerprint density at radius 3 is 2.67 bits per heavy atom. The number of unbranched alkanes of at least 4 members (excludes halogenated alkanes) is 3. The van der Waals surface area contributed by atoms with Gasteiger partial charge in [0.1, 0.15) is 6.61 Å². The van der Waals surface area contributed by atoms with Crippen LogP contribution in [-0.2, 0) is 9.53 Å². The van der Waals surface area contributed by atoms with Crippen molar-refractivity contribution in [3.8, 4) is 0 Å². The van der Waals surface area contributed by atoms with Gasteiger partial charge < -0.3 is 15.2 Å². The van der Waals surface area contributed by atoms with Gasteiger partial charge >= 0.3 is 0 Å². The first-order chi connectivity index (χ1) is 7.31. The zero-order valence-electron chi connectivity index (χ0n) is 9.63. The molecule has 90 valence electrons. The molecule has 15 heavy (non-hydrogen) atoms. The molecule has 0 aliphatic rings. The van der Waals surface area contributed by atoms with E-state index in [-0.39, 0.29) is 19.1 Å². The van der Waals surface area contributed by atoms with Crippen LogP contribution in [0.15, 0.2) is 0 Å². The maximum atomic E-state index is 11.1. The van der Waals surface area contributed by atoms with Crippen LogP contribution in [0, 0.1) is 0 Å². The Morgan fingerprint density at radius 1 is 1.27 bits per heavy atom. The quantitative estimate of drug-likeness (QED) is 0.538. The summed E-state index contributed by atoms with van der Waals surface area (Å²) in [6, 6.07) is 0. The maximum absolute atomic E-state index is 11.1. The van der Waals surface area contributed by atoms with E-state index in [1.165, 1.54) is 0 Å². The summed E-state index contributed by atoms with van der Waals surface area (Å²) in [5.41, 5.74) is 0. The third kappa shape index (κ3) is 11.3. The van der Waals surface area contributed by atoms with E-state index in [1.807, 2.05) is 6.92 Å². The van der Waals surface area contributed by atoms with E-state index in [9.17, 15) is 4.79 Å². The summed E-state index contributed by atoms with van der Waals surface area (Å²) in [4.78, 5) is 11.1. The number of carbonyl (C=O) groups excluding carboxylic acids is 1. The predicted octanol–water partition coefficient (Wildman–Crippen LogP) is 1.08. The van der Waals surface area contributed by atoms with Crippen LogP contribution >= 0.6 is 0 Å². The van der Waals surface area contributed by atoms with E-state index < -0.39 is 0 Å². The number of amides is 1. The molecular formula is C11H23NO3. The van der Waals surface area contributed by atoms with Crippen LogP contribution in [0.25, 0.3) is 0 Å². The number of rotatable bonds is 10. The van der Waals surface area contributed by atoms with Crippen LogP contribution in [0.4, 0.5) is 0 Å². The topological polar surface area (TPSA) is 58.6 Å². The molecule has 0 saturated heterocycles. The Bertz CT molecular complexity index is 151. The number of carbonyl (C=O) groups is 1. The first-order valence-corrected chi connectivity index (χ1v) is 5.76. The fourth-order valence-electron chi connectivity index (χ4n) is 1.18. The van der Waals surface area contributed by atoms with Gasteiger partial charge in [-0.25, -0.2) is 0 Å². The first-order valence-electron chi connectivity index (χ1n) is 5.76. The molecular weight excluding hydrogens is 194 g/mol. The number of aliphatic hydroxyl groups is 1. The van der Waals surface area contributed by atoms with Crippen molar-refractivity contribution in [2.45, 2.75) is 39.0 Å². The predicted molar refractivity (Wildman–Crippen MR) is 59.7 cm³/mol. The monoisotopic (exact) mass is 217 g/mol. The molecule has 0 heterocycles. The second kappa shape index (κ2) is 11.5. The van der Waals surface area contributed by atoms with Crippen molar-refractivity contribution in [3.63, 3.8) is 0 Å². The fourth-order valence-corrected chi connectivity index (χ4v) is 1.18. The Morgan fingerprint density at radius 2 is 2.00 bits per heavy atom. The second-order valence-corrected chi connectivity index (χ2v) is 3.54. The van der Waals surface area contributed by atoms with Crippen molar-refractivity contribution < 1.29 is 14.6 Å². The highest BCUT2D eigenvalue weighted by molar-refractivity contribution is 5.77. The number of nitrogens with one attached hydrogen (secondary N) is 1. The van der Waals surface area contributed by atoms with Gasteiger partial charge in [-0.3, -0.25) is 4.79 Å². The van der Waals surface area contributed by atoms with Gasteiger partial charge in [-0.15, -0.1) is 0 Å². The minimum Gasteiger partial charge on any atom is -0.396 e. The summed E-state index contributed by atoms with van der Waals surface area (Å²) >= 11 is 0. The van der Waals surface area contributed by atoms with Crippen molar-refractivity contribution in [1.82, 2.24) is 5.32 Å². The smallest absolute Gasteiger partial charge is 0.245 e. The van der Waals surface area contributed by atoms with Crippen molar-refractivity contribution in [3.05, 3.63) is 0 Å². The molecule has 4 nitrogen and oxygen atoms in total. The molecule has 0 unspecified atom stereocenters. The van der Waals surface area contributed by atoms with E-state index in [0.29, 0.717) is 13.2 Å². The van der Waals surface area contributed by atoms with E-state index >= 15 is 0 Å². The fraction of sp³-hybridized carbons (Fsp3) is 0.909. The van der Waals surface area contributed by atoms with Gasteiger partial charge in [0.15, 0.2) is 0 Å². The summed E-state index contributed by atoms with van der Waals surface area (Å²) in [6.45, 7) is 3.80. The summed E-state index contributed by atoms with van der Waals surface area (Å²) in [5, 5.41) is 11.3. The summed E-state index contributed by atoms with van der Waals surface area (Å²) in [7, 11) is 0. The molecule has 0 aromatic heterocycles. The number of aliphatic hydroxyl groups excluding tert-OH is 1. The van der Waals surface area contributed by atoms with Crippen LogP contribution in [-0.4, -0.2) is 37.4 Å². The Labute approximate surface area is 92.0 Å². The van der Waals surface area contributed by atoms with Crippen molar-refractivity contribution in [2.75, 3.05) is 26.4 Å². The molecule has 1 amide bonds. The molecule has 0 spiro atoms. The number of hydrogen-bond donors (Lipinski definition) is 2. The Balaban J connectivity index is 3.10. The average Bonchev–Trinajstić information content (AvgIpc) is 2.23. The highest BCUT2D eigenvalue weighted by Gasteiger charge is 1.99. The van der Waals surface area contributed by atoms with Crippen molar-refractivity contribution in [1.29, 1.82) is 0 Å². The molecule has 0 aromatic rings. The Kier molecular flexibility index (Phi) is 11.0. The largest absolute Gasteiger partial charge is 0.396 e. The van der Waals surface area contributed by atoms with Crippen LogP contribution in [0.2, 0.25) is 0 Å². The van der Waals surface area contributed by atoms with Gasteiger partial charge in [0.2, 0.25) is 5.91 Å². The van der Waals surface area contributed by atoms with Crippen molar-refractivity contribution in [2.24, 2.45) is 0 Å². The molecule has 2 N–H and O–H groups in total. The van der Waals surface area contributed by atoms with Gasteiger partial charge in [-0.1, -0.05) is 19.8 Å². The van der Waals surface area contributed by atoms with Gasteiger partial charge in [0.25, 0.3) is 0 Å². The summed E-state index contributed by atoms with van der Waals surface area (Å²) in [6.07, 6.45) is 4.84. The highest BCUT2D eigenvalue weighted by Crippen LogP contribution is 1.97. The van der Waals surface area contributed by atoms with Crippen LogP contribution in [0.5, 0.6) is 0 Å². The SMILES string of the molecule is CCCOCC(=O)NCCCCCCO. The average molecular weight is 217 g/mol.